The summed E-state index contributed by atoms with van der Waals surface area (Å²) in [5.74, 6) is -1.47. The molecule has 0 aliphatic heterocycles. The van der Waals surface area contributed by atoms with Crippen molar-refractivity contribution in [1.29, 1.82) is 4.78 Å². The second-order valence-corrected chi connectivity index (χ2v) is 9.92. The highest BCUT2D eigenvalue weighted by molar-refractivity contribution is 7.91. The van der Waals surface area contributed by atoms with Gasteiger partial charge in [-0.3, -0.25) is 4.79 Å². The summed E-state index contributed by atoms with van der Waals surface area (Å²) in [4.78, 5) is 13.2. The molecular formula is C20H15Cl2F3N4O3S. The number of alkyl halides is 3. The van der Waals surface area contributed by atoms with Gasteiger partial charge in [-0.25, -0.2) is 8.99 Å². The van der Waals surface area contributed by atoms with E-state index in [0.717, 1.165) is 6.92 Å². The van der Waals surface area contributed by atoms with Gasteiger partial charge in [-0.05, 0) is 48.9 Å². The first-order chi connectivity index (χ1) is 15.3. The van der Waals surface area contributed by atoms with E-state index in [2.05, 4.69) is 15.5 Å². The molecule has 3 rings (SSSR count). The van der Waals surface area contributed by atoms with E-state index in [9.17, 15) is 22.2 Å². The number of carbonyl (C=O) groups excluding carboxylic acids is 1. The highest BCUT2D eigenvalue weighted by atomic mass is 35.5. The molecular weight excluding hydrogens is 504 g/mol. The molecule has 0 saturated carbocycles. The monoisotopic (exact) mass is 518 g/mol. The number of aromatic nitrogens is 2. The van der Waals surface area contributed by atoms with Crippen LogP contribution in [0.25, 0.3) is 0 Å². The summed E-state index contributed by atoms with van der Waals surface area (Å²) in [5, 5.41) is 9.45. The Labute approximate surface area is 196 Å². The summed E-state index contributed by atoms with van der Waals surface area (Å²) in [5.41, 5.74) is -2.29. The number of halogens is 5. The van der Waals surface area contributed by atoms with Gasteiger partial charge < -0.3 is 10.1 Å². The van der Waals surface area contributed by atoms with Gasteiger partial charge in [-0.1, -0.05) is 29.3 Å². The number of amides is 1. The van der Waals surface area contributed by atoms with Gasteiger partial charge >= 0.3 is 6.18 Å². The van der Waals surface area contributed by atoms with Crippen LogP contribution in [0.5, 0.6) is 11.6 Å². The van der Waals surface area contributed by atoms with Gasteiger partial charge in [-0.15, -0.1) is 10.2 Å². The van der Waals surface area contributed by atoms with Crippen molar-refractivity contribution >= 4 is 44.5 Å². The van der Waals surface area contributed by atoms with Crippen LogP contribution in [0.15, 0.2) is 47.4 Å². The largest absolute Gasteiger partial charge is 0.437 e. The number of hydrogen-bond acceptors (Lipinski definition) is 6. The number of benzene rings is 2. The maximum Gasteiger partial charge on any atom is 0.435 e. The molecule has 0 saturated heterocycles. The molecule has 2 N–H and O–H groups in total. The molecule has 0 radical (unpaired) electrons. The molecule has 33 heavy (non-hydrogen) atoms. The Hall–Kier alpha value is -2.89. The van der Waals surface area contributed by atoms with Crippen molar-refractivity contribution in [2.24, 2.45) is 0 Å². The summed E-state index contributed by atoms with van der Waals surface area (Å²) in [7, 11) is -3.09. The fraction of sp³-hybridized carbons (Fsp3) is 0.150. The second-order valence-electron chi connectivity index (χ2n) is 6.88. The third kappa shape index (κ3) is 5.92. The first kappa shape index (κ1) is 24.7. The van der Waals surface area contributed by atoms with Gasteiger partial charge in [0.1, 0.15) is 11.3 Å². The van der Waals surface area contributed by atoms with Gasteiger partial charge in [-0.2, -0.15) is 13.2 Å². The Bertz CT molecular complexity index is 1330. The highest BCUT2D eigenvalue weighted by Crippen LogP contribution is 2.36. The fourth-order valence-corrected chi connectivity index (χ4v) is 4.01. The lowest BCUT2D eigenvalue weighted by Gasteiger charge is -2.16. The van der Waals surface area contributed by atoms with E-state index in [1.54, 1.807) is 0 Å². The highest BCUT2D eigenvalue weighted by Gasteiger charge is 2.38. The van der Waals surface area contributed by atoms with E-state index in [1.165, 1.54) is 48.7 Å². The fourth-order valence-electron chi connectivity index (χ4n) is 2.82. The van der Waals surface area contributed by atoms with Gasteiger partial charge in [0, 0.05) is 26.9 Å². The maximum atomic E-state index is 13.4. The van der Waals surface area contributed by atoms with Crippen molar-refractivity contribution in [3.63, 3.8) is 0 Å². The molecule has 174 valence electrons. The van der Waals surface area contributed by atoms with Crippen LogP contribution >= 0.6 is 23.2 Å². The average molecular weight is 519 g/mol. The number of anilines is 1. The third-order valence-corrected chi connectivity index (χ3v) is 5.86. The van der Waals surface area contributed by atoms with Crippen LogP contribution in [0.1, 0.15) is 21.6 Å². The minimum Gasteiger partial charge on any atom is -0.437 e. The first-order valence-corrected chi connectivity index (χ1v) is 11.7. The van der Waals surface area contributed by atoms with E-state index in [1.807, 2.05) is 0 Å². The van der Waals surface area contributed by atoms with E-state index in [4.69, 9.17) is 32.7 Å². The molecule has 0 aliphatic rings. The molecule has 1 unspecified atom stereocenters. The smallest absolute Gasteiger partial charge is 0.435 e. The zero-order valence-corrected chi connectivity index (χ0v) is 19.3. The SMILES string of the molecule is Cc1c(C(F)(F)F)nnc(Oc2cc(Cl)cc(Cl)c2)c1C(=O)Nc1cccc(S(C)(=N)=O)c1. The molecule has 0 aliphatic carbocycles. The Morgan fingerprint density at radius 3 is 2.33 bits per heavy atom. The van der Waals surface area contributed by atoms with Gasteiger partial charge in [0.05, 0.1) is 9.73 Å². The Morgan fingerprint density at radius 1 is 1.12 bits per heavy atom. The summed E-state index contributed by atoms with van der Waals surface area (Å²) in [6.07, 6.45) is -3.68. The predicted octanol–water partition coefficient (Wildman–Crippen LogP) is 6.19. The van der Waals surface area contributed by atoms with Gasteiger partial charge in [0.25, 0.3) is 11.8 Å². The van der Waals surface area contributed by atoms with E-state index >= 15 is 0 Å². The third-order valence-electron chi connectivity index (χ3n) is 4.27. The number of ether oxygens (including phenoxy) is 1. The zero-order chi connectivity index (χ0) is 24.6. The molecule has 7 nitrogen and oxygen atoms in total. The topological polar surface area (TPSA) is 105 Å². The van der Waals surface area contributed by atoms with Crippen molar-refractivity contribution < 1.29 is 26.9 Å². The van der Waals surface area contributed by atoms with Crippen LogP contribution in [0.3, 0.4) is 0 Å². The molecule has 1 aromatic heterocycles. The van der Waals surface area contributed by atoms with Crippen molar-refractivity contribution in [2.75, 3.05) is 11.6 Å². The number of carbonyl (C=O) groups is 1. The van der Waals surface area contributed by atoms with Crippen molar-refractivity contribution in [3.8, 4) is 11.6 Å². The first-order valence-electron chi connectivity index (χ1n) is 8.99. The minimum atomic E-state index is -4.87. The number of rotatable bonds is 5. The molecule has 3 aromatic rings. The predicted molar refractivity (Wildman–Crippen MR) is 118 cm³/mol. The van der Waals surface area contributed by atoms with E-state index in [0.29, 0.717) is 0 Å². The number of nitrogens with zero attached hydrogens (tertiary/aromatic N) is 2. The summed E-state index contributed by atoms with van der Waals surface area (Å²) in [6.45, 7) is 1.06. The van der Waals surface area contributed by atoms with Crippen molar-refractivity contribution in [2.45, 2.75) is 18.0 Å². The minimum absolute atomic E-state index is 0.0249. The molecule has 13 heteroatoms. The molecule has 2 aromatic carbocycles. The maximum absolute atomic E-state index is 13.4. The van der Waals surface area contributed by atoms with E-state index in [-0.39, 0.29) is 26.4 Å². The lowest BCUT2D eigenvalue weighted by molar-refractivity contribution is -0.142. The quantitative estimate of drug-likeness (QED) is 0.418. The Morgan fingerprint density at radius 2 is 1.76 bits per heavy atom. The Kier molecular flexibility index (Phi) is 6.87. The van der Waals surface area contributed by atoms with Crippen LogP contribution in [-0.4, -0.2) is 26.6 Å². The van der Waals surface area contributed by atoms with Gasteiger partial charge in [0.2, 0.25) is 0 Å². The molecule has 1 atom stereocenters. The standard InChI is InChI=1S/C20H15Cl2F3N4O3S/c1-10-16(18(30)27-13-4-3-5-15(9-13)33(2,26)31)19(29-28-17(10)20(23,24)25)32-14-7-11(21)6-12(22)8-14/h3-9,26H,1-2H3,(H,27,30). The Balaban J connectivity index is 2.08. The van der Waals surface area contributed by atoms with Gasteiger partial charge in [0.15, 0.2) is 5.69 Å². The van der Waals surface area contributed by atoms with Crippen LogP contribution in [0.4, 0.5) is 18.9 Å². The summed E-state index contributed by atoms with van der Waals surface area (Å²) in [6, 6.07) is 9.69. The van der Waals surface area contributed by atoms with Crippen LogP contribution in [0.2, 0.25) is 10.0 Å². The van der Waals surface area contributed by atoms with E-state index < -0.39 is 44.5 Å². The molecule has 1 heterocycles. The zero-order valence-electron chi connectivity index (χ0n) is 17.0. The normalized spacial score (nSPS) is 13.3. The molecule has 0 spiro atoms. The summed E-state index contributed by atoms with van der Waals surface area (Å²) >= 11 is 11.9. The van der Waals surface area contributed by atoms with Crippen LogP contribution in [0, 0.1) is 11.7 Å². The van der Waals surface area contributed by atoms with Crippen LogP contribution < -0.4 is 10.1 Å². The van der Waals surface area contributed by atoms with Crippen molar-refractivity contribution in [3.05, 3.63) is 69.3 Å². The number of nitrogens with one attached hydrogen (secondary N) is 2. The second kappa shape index (κ2) is 9.16. The van der Waals surface area contributed by atoms with Crippen molar-refractivity contribution in [1.82, 2.24) is 10.2 Å². The summed E-state index contributed by atoms with van der Waals surface area (Å²) < 4.78 is 65.4. The molecule has 0 bridgehead atoms. The molecule has 0 fully saturated rings. The van der Waals surface area contributed by atoms with Crippen LogP contribution in [-0.2, 0) is 15.9 Å². The lowest BCUT2D eigenvalue weighted by atomic mass is 10.1. The average Bonchev–Trinajstić information content (AvgIpc) is 2.65. The number of hydrogen-bond donors (Lipinski definition) is 2. The molecule has 1 amide bonds. The lowest BCUT2D eigenvalue weighted by Crippen LogP contribution is -2.21.